The van der Waals surface area contributed by atoms with E-state index in [1.807, 2.05) is 0 Å². The fourth-order valence-corrected chi connectivity index (χ4v) is 2.35. The number of nitrogens with two attached hydrogens (primary N) is 1. The largest absolute Gasteiger partial charge is 0.327 e. The van der Waals surface area contributed by atoms with E-state index < -0.39 is 0 Å². The summed E-state index contributed by atoms with van der Waals surface area (Å²) in [4.78, 5) is 2.44. The predicted molar refractivity (Wildman–Crippen MR) is 60.9 cm³/mol. The number of piperidine rings is 1. The van der Waals surface area contributed by atoms with Gasteiger partial charge in [0.05, 0.1) is 0 Å². The zero-order valence-corrected chi connectivity index (χ0v) is 9.89. The molecule has 2 unspecified atom stereocenters. The number of rotatable bonds is 3. The fraction of sp³-hybridized carbons (Fsp3) is 0.800. The molecule has 0 aromatic heterocycles. The highest BCUT2D eigenvalue weighted by Gasteiger charge is 2.24. The van der Waals surface area contributed by atoms with Crippen LogP contribution in [0.25, 0.3) is 0 Å². The van der Waals surface area contributed by atoms with Crippen molar-refractivity contribution in [2.45, 2.75) is 38.3 Å². The Kier molecular flexibility index (Phi) is 4.42. The molecule has 2 N–H and O–H groups in total. The first kappa shape index (κ1) is 11.2. The SMILES string of the molecule is C=C(Br)CN1CCCCC1C(C)N. The van der Waals surface area contributed by atoms with E-state index in [1.54, 1.807) is 0 Å². The summed E-state index contributed by atoms with van der Waals surface area (Å²) >= 11 is 3.41. The molecule has 1 fully saturated rings. The third-order valence-corrected chi connectivity index (χ3v) is 2.90. The Morgan fingerprint density at radius 1 is 1.69 bits per heavy atom. The first-order valence-electron chi connectivity index (χ1n) is 4.94. The number of hydrogen-bond donors (Lipinski definition) is 1. The molecule has 1 aliphatic heterocycles. The molecule has 0 aromatic rings. The van der Waals surface area contributed by atoms with Crippen LogP contribution in [-0.4, -0.2) is 30.1 Å². The van der Waals surface area contributed by atoms with Gasteiger partial charge >= 0.3 is 0 Å². The van der Waals surface area contributed by atoms with Crippen molar-refractivity contribution in [2.24, 2.45) is 5.73 Å². The zero-order chi connectivity index (χ0) is 9.84. The predicted octanol–water partition coefficient (Wildman–Crippen LogP) is 2.10. The van der Waals surface area contributed by atoms with Crippen molar-refractivity contribution >= 4 is 15.9 Å². The summed E-state index contributed by atoms with van der Waals surface area (Å²) in [5, 5.41) is 0. The van der Waals surface area contributed by atoms with Gasteiger partial charge in [0.15, 0.2) is 0 Å². The van der Waals surface area contributed by atoms with Crippen molar-refractivity contribution in [3.05, 3.63) is 11.1 Å². The van der Waals surface area contributed by atoms with Crippen LogP contribution in [0.5, 0.6) is 0 Å². The highest BCUT2D eigenvalue weighted by atomic mass is 79.9. The highest BCUT2D eigenvalue weighted by molar-refractivity contribution is 9.11. The summed E-state index contributed by atoms with van der Waals surface area (Å²) in [5.74, 6) is 0. The monoisotopic (exact) mass is 246 g/mol. The van der Waals surface area contributed by atoms with Crippen LogP contribution in [0.2, 0.25) is 0 Å². The average molecular weight is 247 g/mol. The summed E-state index contributed by atoms with van der Waals surface area (Å²) < 4.78 is 1.06. The number of halogens is 1. The third kappa shape index (κ3) is 3.41. The molecule has 76 valence electrons. The number of likely N-dealkylation sites (tertiary alicyclic amines) is 1. The lowest BCUT2D eigenvalue weighted by Crippen LogP contribution is -2.49. The maximum atomic E-state index is 5.95. The van der Waals surface area contributed by atoms with E-state index in [1.165, 1.54) is 19.3 Å². The van der Waals surface area contributed by atoms with Gasteiger partial charge in [-0.2, -0.15) is 0 Å². The van der Waals surface area contributed by atoms with Crippen LogP contribution in [-0.2, 0) is 0 Å². The third-order valence-electron chi connectivity index (χ3n) is 2.65. The van der Waals surface area contributed by atoms with Gasteiger partial charge in [0.2, 0.25) is 0 Å². The Morgan fingerprint density at radius 3 is 2.92 bits per heavy atom. The molecule has 2 atom stereocenters. The van der Waals surface area contributed by atoms with Crippen LogP contribution in [0, 0.1) is 0 Å². The van der Waals surface area contributed by atoms with Gasteiger partial charge in [0, 0.05) is 23.1 Å². The molecule has 0 radical (unpaired) electrons. The Morgan fingerprint density at radius 2 is 2.38 bits per heavy atom. The molecule has 1 saturated heterocycles. The van der Waals surface area contributed by atoms with Crippen molar-refractivity contribution in [1.82, 2.24) is 4.90 Å². The van der Waals surface area contributed by atoms with E-state index >= 15 is 0 Å². The summed E-state index contributed by atoms with van der Waals surface area (Å²) in [6.07, 6.45) is 3.85. The topological polar surface area (TPSA) is 29.3 Å². The van der Waals surface area contributed by atoms with Crippen LogP contribution in [0.1, 0.15) is 26.2 Å². The highest BCUT2D eigenvalue weighted by Crippen LogP contribution is 2.20. The van der Waals surface area contributed by atoms with Crippen LogP contribution in [0.4, 0.5) is 0 Å². The summed E-state index contributed by atoms with van der Waals surface area (Å²) in [6.45, 7) is 8.07. The van der Waals surface area contributed by atoms with Crippen molar-refractivity contribution in [3.8, 4) is 0 Å². The first-order chi connectivity index (χ1) is 6.11. The summed E-state index contributed by atoms with van der Waals surface area (Å²) in [7, 11) is 0. The van der Waals surface area contributed by atoms with Crippen molar-refractivity contribution in [2.75, 3.05) is 13.1 Å². The van der Waals surface area contributed by atoms with Crippen molar-refractivity contribution in [1.29, 1.82) is 0 Å². The second-order valence-electron chi connectivity index (χ2n) is 3.91. The zero-order valence-electron chi connectivity index (χ0n) is 8.30. The van der Waals surface area contributed by atoms with Gasteiger partial charge in [0.1, 0.15) is 0 Å². The lowest BCUT2D eigenvalue weighted by atomic mass is 9.97. The smallest absolute Gasteiger partial charge is 0.0297 e. The van der Waals surface area contributed by atoms with E-state index in [0.717, 1.165) is 17.6 Å². The molecule has 3 heteroatoms. The van der Waals surface area contributed by atoms with Crippen LogP contribution >= 0.6 is 15.9 Å². The second kappa shape index (κ2) is 5.13. The van der Waals surface area contributed by atoms with Crippen LogP contribution in [0.15, 0.2) is 11.1 Å². The van der Waals surface area contributed by atoms with E-state index in [0.29, 0.717) is 6.04 Å². The molecule has 2 nitrogen and oxygen atoms in total. The maximum absolute atomic E-state index is 5.95. The molecule has 0 saturated carbocycles. The van der Waals surface area contributed by atoms with E-state index in [2.05, 4.69) is 34.3 Å². The minimum Gasteiger partial charge on any atom is -0.327 e. The standard InChI is InChI=1S/C10H19BrN2/c1-8(11)7-13-6-4-3-5-10(13)9(2)12/h9-10H,1,3-7,12H2,2H3. The van der Waals surface area contributed by atoms with Gasteiger partial charge in [-0.3, -0.25) is 4.90 Å². The van der Waals surface area contributed by atoms with E-state index in [4.69, 9.17) is 5.73 Å². The molecule has 0 spiro atoms. The molecular weight excluding hydrogens is 228 g/mol. The first-order valence-corrected chi connectivity index (χ1v) is 5.73. The van der Waals surface area contributed by atoms with Crippen molar-refractivity contribution in [3.63, 3.8) is 0 Å². The van der Waals surface area contributed by atoms with Gasteiger partial charge in [0.25, 0.3) is 0 Å². The molecule has 0 amide bonds. The van der Waals surface area contributed by atoms with Gasteiger partial charge < -0.3 is 5.73 Å². The van der Waals surface area contributed by atoms with Crippen LogP contribution in [0.3, 0.4) is 0 Å². The molecule has 0 bridgehead atoms. The Labute approximate surface area is 89.3 Å². The van der Waals surface area contributed by atoms with Gasteiger partial charge in [-0.25, -0.2) is 0 Å². The Balaban J connectivity index is 2.51. The summed E-state index contributed by atoms with van der Waals surface area (Å²) in [6, 6.07) is 0.815. The Hall–Kier alpha value is 0.140. The number of hydrogen-bond acceptors (Lipinski definition) is 2. The molecular formula is C10H19BrN2. The number of nitrogens with zero attached hydrogens (tertiary/aromatic N) is 1. The van der Waals surface area contributed by atoms with Gasteiger partial charge in [-0.1, -0.05) is 28.9 Å². The summed E-state index contributed by atoms with van der Waals surface area (Å²) in [5.41, 5.74) is 5.95. The Bertz CT molecular complexity index is 180. The van der Waals surface area contributed by atoms with E-state index in [9.17, 15) is 0 Å². The second-order valence-corrected chi connectivity index (χ2v) is 5.03. The lowest BCUT2D eigenvalue weighted by Gasteiger charge is -2.37. The minimum atomic E-state index is 0.271. The minimum absolute atomic E-state index is 0.271. The van der Waals surface area contributed by atoms with Crippen molar-refractivity contribution < 1.29 is 0 Å². The molecule has 13 heavy (non-hydrogen) atoms. The quantitative estimate of drug-likeness (QED) is 0.827. The molecule has 1 heterocycles. The van der Waals surface area contributed by atoms with E-state index in [-0.39, 0.29) is 6.04 Å². The lowest BCUT2D eigenvalue weighted by molar-refractivity contribution is 0.145. The molecule has 0 aromatic carbocycles. The molecule has 1 aliphatic rings. The normalized spacial score (nSPS) is 27.2. The molecule has 1 rings (SSSR count). The average Bonchev–Trinajstić information content (AvgIpc) is 2.03. The maximum Gasteiger partial charge on any atom is 0.0297 e. The molecule has 0 aliphatic carbocycles. The van der Waals surface area contributed by atoms with Crippen LogP contribution < -0.4 is 5.73 Å². The fourth-order valence-electron chi connectivity index (χ4n) is 2.03. The van der Waals surface area contributed by atoms with Gasteiger partial charge in [-0.15, -0.1) is 0 Å². The van der Waals surface area contributed by atoms with Gasteiger partial charge in [-0.05, 0) is 26.3 Å².